The molecule has 0 aliphatic heterocycles. The van der Waals surface area contributed by atoms with Crippen LogP contribution in [0.15, 0.2) is 60.7 Å². The molecule has 0 radical (unpaired) electrons. The Morgan fingerprint density at radius 1 is 1.09 bits per heavy atom. The Morgan fingerprint density at radius 2 is 1.80 bits per heavy atom. The topological polar surface area (TPSA) is 95.3 Å². The highest BCUT2D eigenvalue weighted by molar-refractivity contribution is 6.05. The molecule has 4 rings (SSSR count). The number of rotatable bonds is 8. The number of hydrogen-bond donors (Lipinski definition) is 1. The van der Waals surface area contributed by atoms with Gasteiger partial charge in [-0.3, -0.25) is 9.48 Å². The highest BCUT2D eigenvalue weighted by atomic mass is 16.5. The van der Waals surface area contributed by atoms with E-state index >= 15 is 0 Å². The maximum Gasteiger partial charge on any atom is 0.339 e. The minimum Gasteiger partial charge on any atom is -0.497 e. The van der Waals surface area contributed by atoms with Crippen LogP contribution in [0.25, 0.3) is 22.3 Å². The van der Waals surface area contributed by atoms with Crippen molar-refractivity contribution < 1.29 is 19.1 Å². The van der Waals surface area contributed by atoms with Crippen LogP contribution in [-0.4, -0.2) is 46.4 Å². The molecule has 8 heteroatoms. The quantitative estimate of drug-likeness (QED) is 0.391. The number of amides is 1. The normalized spacial score (nSPS) is 11.8. The number of hydrogen-bond acceptors (Lipinski definition) is 6. The molecule has 35 heavy (non-hydrogen) atoms. The number of nitrogens with one attached hydrogen (secondary N) is 1. The molecular weight excluding hydrogens is 444 g/mol. The summed E-state index contributed by atoms with van der Waals surface area (Å²) < 4.78 is 12.4. The number of aromatic nitrogens is 3. The minimum atomic E-state index is -0.960. The van der Waals surface area contributed by atoms with Crippen LogP contribution in [0.5, 0.6) is 5.75 Å². The standard InChI is InChI=1S/C27H28N4O4/c1-17-24-22(16-23(20-8-6-5-7-9-20)29-25(24)31(3)30-17)27(33)35-18(2)26(32)28-15-14-19-10-12-21(34-4)13-11-19/h5-13,16,18H,14-15H2,1-4H3,(H,28,32). The predicted octanol–water partition coefficient (Wildman–Crippen LogP) is 3.86. The lowest BCUT2D eigenvalue weighted by Gasteiger charge is -2.15. The van der Waals surface area contributed by atoms with Crippen LogP contribution < -0.4 is 10.1 Å². The third-order valence-corrected chi connectivity index (χ3v) is 5.78. The van der Waals surface area contributed by atoms with E-state index in [4.69, 9.17) is 14.5 Å². The summed E-state index contributed by atoms with van der Waals surface area (Å²) in [5.41, 5.74) is 4.13. The lowest BCUT2D eigenvalue weighted by molar-refractivity contribution is -0.129. The third kappa shape index (κ3) is 5.32. The second kappa shape index (κ2) is 10.4. The van der Waals surface area contributed by atoms with E-state index in [-0.39, 0.29) is 5.91 Å². The molecule has 1 unspecified atom stereocenters. The van der Waals surface area contributed by atoms with Gasteiger partial charge in [0.05, 0.1) is 29.4 Å². The van der Waals surface area contributed by atoms with E-state index in [1.807, 2.05) is 61.5 Å². The highest BCUT2D eigenvalue weighted by Gasteiger charge is 2.24. The second-order valence-electron chi connectivity index (χ2n) is 8.27. The third-order valence-electron chi connectivity index (χ3n) is 5.78. The smallest absolute Gasteiger partial charge is 0.339 e. The SMILES string of the molecule is COc1ccc(CCNC(=O)C(C)OC(=O)c2cc(-c3ccccc3)nc3c2c(C)nn3C)cc1. The zero-order valence-corrected chi connectivity index (χ0v) is 20.2. The number of fused-ring (bicyclic) bond motifs is 1. The lowest BCUT2D eigenvalue weighted by atomic mass is 10.1. The van der Waals surface area contributed by atoms with Gasteiger partial charge in [-0.1, -0.05) is 42.5 Å². The average molecular weight is 473 g/mol. The van der Waals surface area contributed by atoms with E-state index in [0.29, 0.717) is 41.0 Å². The van der Waals surface area contributed by atoms with Crippen LogP contribution in [0.4, 0.5) is 0 Å². The Bertz CT molecular complexity index is 1350. The molecule has 0 aliphatic rings. The zero-order chi connectivity index (χ0) is 24.9. The van der Waals surface area contributed by atoms with Gasteiger partial charge in [0.25, 0.3) is 5.91 Å². The predicted molar refractivity (Wildman–Crippen MR) is 133 cm³/mol. The fourth-order valence-electron chi connectivity index (χ4n) is 3.91. The van der Waals surface area contributed by atoms with Crippen molar-refractivity contribution in [3.8, 4) is 17.0 Å². The Hall–Kier alpha value is -4.20. The molecule has 0 saturated carbocycles. The highest BCUT2D eigenvalue weighted by Crippen LogP contribution is 2.27. The molecular formula is C27H28N4O4. The molecule has 1 atom stereocenters. The van der Waals surface area contributed by atoms with Crippen molar-refractivity contribution in [2.75, 3.05) is 13.7 Å². The van der Waals surface area contributed by atoms with Gasteiger partial charge in [-0.25, -0.2) is 9.78 Å². The number of pyridine rings is 1. The average Bonchev–Trinajstić information content (AvgIpc) is 3.17. The zero-order valence-electron chi connectivity index (χ0n) is 20.2. The summed E-state index contributed by atoms with van der Waals surface area (Å²) in [7, 11) is 3.40. The van der Waals surface area contributed by atoms with Crippen LogP contribution in [-0.2, 0) is 23.0 Å². The first kappa shape index (κ1) is 23.9. The number of benzene rings is 2. The molecule has 2 heterocycles. The number of carbonyl (C=O) groups is 2. The molecule has 0 bridgehead atoms. The summed E-state index contributed by atoms with van der Waals surface area (Å²) in [5.74, 6) is -0.172. The van der Waals surface area contributed by atoms with Crippen molar-refractivity contribution in [2.45, 2.75) is 26.4 Å². The maximum atomic E-state index is 13.2. The summed E-state index contributed by atoms with van der Waals surface area (Å²) in [5, 5.41) is 7.87. The van der Waals surface area contributed by atoms with Crippen molar-refractivity contribution in [3.63, 3.8) is 0 Å². The summed E-state index contributed by atoms with van der Waals surface area (Å²) in [6, 6.07) is 18.9. The monoisotopic (exact) mass is 472 g/mol. The minimum absolute atomic E-state index is 0.331. The van der Waals surface area contributed by atoms with E-state index in [9.17, 15) is 9.59 Å². The summed E-state index contributed by atoms with van der Waals surface area (Å²) in [6.45, 7) is 3.80. The molecule has 0 saturated heterocycles. The summed E-state index contributed by atoms with van der Waals surface area (Å²) in [4.78, 5) is 30.5. The second-order valence-corrected chi connectivity index (χ2v) is 8.27. The molecule has 2 aromatic heterocycles. The molecule has 1 amide bonds. The van der Waals surface area contributed by atoms with Gasteiger partial charge in [-0.2, -0.15) is 5.10 Å². The molecule has 8 nitrogen and oxygen atoms in total. The Morgan fingerprint density at radius 3 is 2.49 bits per heavy atom. The molecule has 0 fully saturated rings. The van der Waals surface area contributed by atoms with Crippen LogP contribution in [0.3, 0.4) is 0 Å². The van der Waals surface area contributed by atoms with Crippen molar-refractivity contribution >= 4 is 22.9 Å². The number of ether oxygens (including phenoxy) is 2. The number of carbonyl (C=O) groups excluding carboxylic acids is 2. The molecule has 4 aromatic rings. The maximum absolute atomic E-state index is 13.2. The Kier molecular flexibility index (Phi) is 7.10. The number of esters is 1. The van der Waals surface area contributed by atoms with Gasteiger partial charge in [0.15, 0.2) is 11.8 Å². The first-order chi connectivity index (χ1) is 16.9. The van der Waals surface area contributed by atoms with Gasteiger partial charge in [-0.15, -0.1) is 0 Å². The van der Waals surface area contributed by atoms with Crippen LogP contribution >= 0.6 is 0 Å². The van der Waals surface area contributed by atoms with Gasteiger partial charge in [-0.05, 0) is 44.0 Å². The van der Waals surface area contributed by atoms with Gasteiger partial charge in [0, 0.05) is 19.2 Å². The number of aryl methyl sites for hydroxylation is 2. The van der Waals surface area contributed by atoms with Crippen molar-refractivity contribution in [3.05, 3.63) is 77.5 Å². The Labute approximate surface area is 203 Å². The molecule has 180 valence electrons. The molecule has 0 aliphatic carbocycles. The van der Waals surface area contributed by atoms with Crippen LogP contribution in [0.1, 0.15) is 28.5 Å². The van der Waals surface area contributed by atoms with Gasteiger partial charge >= 0.3 is 5.97 Å². The number of methoxy groups -OCH3 is 1. The largest absolute Gasteiger partial charge is 0.497 e. The van der Waals surface area contributed by atoms with Crippen LogP contribution in [0, 0.1) is 6.92 Å². The first-order valence-electron chi connectivity index (χ1n) is 11.4. The molecule has 1 N–H and O–H groups in total. The lowest BCUT2D eigenvalue weighted by Crippen LogP contribution is -2.37. The Balaban J connectivity index is 1.47. The van der Waals surface area contributed by atoms with Gasteiger partial charge in [0.2, 0.25) is 0 Å². The van der Waals surface area contributed by atoms with Gasteiger partial charge < -0.3 is 14.8 Å². The summed E-state index contributed by atoms with van der Waals surface area (Å²) in [6.07, 6.45) is -0.310. The van der Waals surface area contributed by atoms with E-state index in [1.165, 1.54) is 0 Å². The summed E-state index contributed by atoms with van der Waals surface area (Å²) >= 11 is 0. The van der Waals surface area contributed by atoms with Gasteiger partial charge in [0.1, 0.15) is 5.75 Å². The molecule has 0 spiro atoms. The van der Waals surface area contributed by atoms with E-state index in [2.05, 4.69) is 10.4 Å². The van der Waals surface area contributed by atoms with Crippen molar-refractivity contribution in [1.82, 2.24) is 20.1 Å². The van der Waals surface area contributed by atoms with Crippen molar-refractivity contribution in [2.24, 2.45) is 7.05 Å². The van der Waals surface area contributed by atoms with Crippen molar-refractivity contribution in [1.29, 1.82) is 0 Å². The van der Waals surface area contributed by atoms with Crippen LogP contribution in [0.2, 0.25) is 0 Å². The number of nitrogens with zero attached hydrogens (tertiary/aromatic N) is 3. The van der Waals surface area contributed by atoms with E-state index in [1.54, 1.807) is 31.8 Å². The molecule has 2 aromatic carbocycles. The van der Waals surface area contributed by atoms with E-state index in [0.717, 1.165) is 16.9 Å². The fourth-order valence-corrected chi connectivity index (χ4v) is 3.91. The fraction of sp³-hybridized carbons (Fsp3) is 0.259. The van der Waals surface area contributed by atoms with E-state index < -0.39 is 12.1 Å². The first-order valence-corrected chi connectivity index (χ1v) is 11.4.